The minimum Gasteiger partial charge on any atom is -0.352 e. The van der Waals surface area contributed by atoms with Gasteiger partial charge in [-0.15, -0.1) is 0 Å². The highest BCUT2D eigenvalue weighted by molar-refractivity contribution is 6.30. The van der Waals surface area contributed by atoms with Gasteiger partial charge in [0.1, 0.15) is 0 Å². The summed E-state index contributed by atoms with van der Waals surface area (Å²) in [5, 5.41) is 11.1. The third-order valence-corrected chi connectivity index (χ3v) is 4.60. The number of carbonyl (C=O) groups excluding carboxylic acids is 1. The quantitative estimate of drug-likeness (QED) is 0.599. The SMILES string of the molecule is CCC(=O)N1CCC(NC(=NC)NCc2nc(-c3cccc(Cl)c3)no2)C1. The van der Waals surface area contributed by atoms with Crippen LogP contribution in [0.25, 0.3) is 11.4 Å². The Kier molecular flexibility index (Phi) is 6.28. The summed E-state index contributed by atoms with van der Waals surface area (Å²) in [6.45, 7) is 3.68. The highest BCUT2D eigenvalue weighted by Gasteiger charge is 2.25. The average molecular weight is 391 g/mol. The third-order valence-electron chi connectivity index (χ3n) is 4.37. The first-order valence-corrected chi connectivity index (χ1v) is 9.30. The standard InChI is InChI=1S/C18H23ClN6O2/c1-3-16(26)25-8-7-14(11-25)22-18(20-2)21-10-15-23-17(24-27-15)12-5-4-6-13(19)9-12/h4-6,9,14H,3,7-8,10-11H2,1-2H3,(H2,20,21,22). The molecule has 2 N–H and O–H groups in total. The van der Waals surface area contributed by atoms with Gasteiger partial charge in [-0.3, -0.25) is 9.79 Å². The van der Waals surface area contributed by atoms with Crippen molar-refractivity contribution >= 4 is 23.5 Å². The first-order valence-electron chi connectivity index (χ1n) is 8.92. The van der Waals surface area contributed by atoms with Crippen LogP contribution in [-0.2, 0) is 11.3 Å². The molecule has 9 heteroatoms. The van der Waals surface area contributed by atoms with Crippen LogP contribution in [0.2, 0.25) is 5.02 Å². The lowest BCUT2D eigenvalue weighted by Gasteiger charge is -2.18. The molecule has 2 aromatic rings. The maximum absolute atomic E-state index is 11.8. The van der Waals surface area contributed by atoms with Gasteiger partial charge < -0.3 is 20.1 Å². The van der Waals surface area contributed by atoms with Gasteiger partial charge in [0.05, 0.1) is 6.54 Å². The van der Waals surface area contributed by atoms with Gasteiger partial charge in [0.25, 0.3) is 0 Å². The Morgan fingerprint density at radius 1 is 1.48 bits per heavy atom. The predicted molar refractivity (Wildman–Crippen MR) is 103 cm³/mol. The molecule has 1 unspecified atom stereocenters. The van der Waals surface area contributed by atoms with E-state index in [1.54, 1.807) is 19.2 Å². The molecular formula is C18H23ClN6O2. The van der Waals surface area contributed by atoms with E-state index in [-0.39, 0.29) is 11.9 Å². The molecule has 0 aliphatic carbocycles. The lowest BCUT2D eigenvalue weighted by Crippen LogP contribution is -2.44. The number of rotatable bonds is 5. The number of aliphatic imine (C=N–C) groups is 1. The molecule has 1 amide bonds. The maximum atomic E-state index is 11.8. The Morgan fingerprint density at radius 2 is 2.33 bits per heavy atom. The van der Waals surface area contributed by atoms with E-state index in [1.807, 2.05) is 24.0 Å². The average Bonchev–Trinajstić information content (AvgIpc) is 3.34. The number of carbonyl (C=O) groups is 1. The van der Waals surface area contributed by atoms with E-state index in [1.165, 1.54) is 0 Å². The molecule has 1 aliphatic heterocycles. The highest BCUT2D eigenvalue weighted by Crippen LogP contribution is 2.19. The largest absolute Gasteiger partial charge is 0.352 e. The summed E-state index contributed by atoms with van der Waals surface area (Å²) in [5.41, 5.74) is 0.798. The van der Waals surface area contributed by atoms with Gasteiger partial charge in [0.2, 0.25) is 17.6 Å². The van der Waals surface area contributed by atoms with E-state index in [4.69, 9.17) is 16.1 Å². The Morgan fingerprint density at radius 3 is 3.07 bits per heavy atom. The number of likely N-dealkylation sites (tertiary alicyclic amines) is 1. The fourth-order valence-electron chi connectivity index (χ4n) is 2.95. The van der Waals surface area contributed by atoms with Gasteiger partial charge in [0, 0.05) is 43.2 Å². The minimum atomic E-state index is 0.177. The summed E-state index contributed by atoms with van der Waals surface area (Å²) in [7, 11) is 1.70. The first kappa shape index (κ1) is 19.2. The van der Waals surface area contributed by atoms with Crippen LogP contribution >= 0.6 is 11.6 Å². The molecule has 3 rings (SSSR count). The molecule has 1 aliphatic rings. The summed E-state index contributed by atoms with van der Waals surface area (Å²) in [4.78, 5) is 22.2. The molecule has 8 nitrogen and oxygen atoms in total. The number of hydrogen-bond acceptors (Lipinski definition) is 5. The van der Waals surface area contributed by atoms with Crippen molar-refractivity contribution in [1.82, 2.24) is 25.7 Å². The van der Waals surface area contributed by atoms with E-state index in [0.29, 0.717) is 42.2 Å². The van der Waals surface area contributed by atoms with Crippen molar-refractivity contribution in [3.05, 3.63) is 35.2 Å². The van der Waals surface area contributed by atoms with Crippen LogP contribution in [-0.4, -0.2) is 53.1 Å². The van der Waals surface area contributed by atoms with E-state index < -0.39 is 0 Å². The second-order valence-corrected chi connectivity index (χ2v) is 6.71. The van der Waals surface area contributed by atoms with Crippen LogP contribution in [0, 0.1) is 0 Å². The van der Waals surface area contributed by atoms with Crippen LogP contribution in [0.4, 0.5) is 0 Å². The Labute approximate surface area is 163 Å². The third kappa shape index (κ3) is 4.97. The molecule has 1 atom stereocenters. The second-order valence-electron chi connectivity index (χ2n) is 6.27. The van der Waals surface area contributed by atoms with Crippen LogP contribution in [0.3, 0.4) is 0 Å². The van der Waals surface area contributed by atoms with Crippen molar-refractivity contribution < 1.29 is 9.32 Å². The van der Waals surface area contributed by atoms with Crippen molar-refractivity contribution in [1.29, 1.82) is 0 Å². The van der Waals surface area contributed by atoms with E-state index in [9.17, 15) is 4.79 Å². The number of amides is 1. The van der Waals surface area contributed by atoms with Gasteiger partial charge in [-0.2, -0.15) is 4.98 Å². The summed E-state index contributed by atoms with van der Waals surface area (Å²) >= 11 is 6.00. The number of aromatic nitrogens is 2. The molecule has 0 spiro atoms. The lowest BCUT2D eigenvalue weighted by molar-refractivity contribution is -0.129. The zero-order chi connectivity index (χ0) is 19.2. The van der Waals surface area contributed by atoms with Crippen molar-refractivity contribution in [3.63, 3.8) is 0 Å². The highest BCUT2D eigenvalue weighted by atomic mass is 35.5. The molecule has 0 saturated carbocycles. The predicted octanol–water partition coefficient (Wildman–Crippen LogP) is 2.07. The smallest absolute Gasteiger partial charge is 0.246 e. The molecule has 27 heavy (non-hydrogen) atoms. The van der Waals surface area contributed by atoms with Crippen LogP contribution in [0.5, 0.6) is 0 Å². The molecule has 0 bridgehead atoms. The molecule has 1 saturated heterocycles. The topological polar surface area (TPSA) is 95.7 Å². The zero-order valence-corrected chi connectivity index (χ0v) is 16.2. The Bertz CT molecular complexity index is 822. The van der Waals surface area contributed by atoms with Crippen molar-refractivity contribution in [2.75, 3.05) is 20.1 Å². The van der Waals surface area contributed by atoms with Crippen molar-refractivity contribution in [2.24, 2.45) is 4.99 Å². The molecular weight excluding hydrogens is 368 g/mol. The summed E-state index contributed by atoms with van der Waals surface area (Å²) in [5.74, 6) is 1.75. The van der Waals surface area contributed by atoms with Gasteiger partial charge >= 0.3 is 0 Å². The summed E-state index contributed by atoms with van der Waals surface area (Å²) in [6.07, 6.45) is 1.43. The Hall–Kier alpha value is -2.61. The van der Waals surface area contributed by atoms with Crippen LogP contribution in [0.15, 0.2) is 33.8 Å². The van der Waals surface area contributed by atoms with Crippen molar-refractivity contribution in [2.45, 2.75) is 32.4 Å². The molecule has 2 heterocycles. The van der Waals surface area contributed by atoms with E-state index in [2.05, 4.69) is 25.8 Å². The van der Waals surface area contributed by atoms with Gasteiger partial charge in [-0.05, 0) is 18.6 Å². The zero-order valence-electron chi connectivity index (χ0n) is 15.4. The first-order chi connectivity index (χ1) is 13.1. The fourth-order valence-corrected chi connectivity index (χ4v) is 3.14. The monoisotopic (exact) mass is 390 g/mol. The molecule has 1 aromatic heterocycles. The van der Waals surface area contributed by atoms with Crippen molar-refractivity contribution in [3.8, 4) is 11.4 Å². The minimum absolute atomic E-state index is 0.177. The normalized spacial score (nSPS) is 17.2. The number of hydrogen-bond donors (Lipinski definition) is 2. The number of nitrogens with zero attached hydrogens (tertiary/aromatic N) is 4. The maximum Gasteiger partial charge on any atom is 0.246 e. The molecule has 0 radical (unpaired) electrons. The summed E-state index contributed by atoms with van der Waals surface area (Å²) in [6, 6.07) is 7.47. The summed E-state index contributed by atoms with van der Waals surface area (Å²) < 4.78 is 5.28. The second kappa shape index (κ2) is 8.85. The fraction of sp³-hybridized carbons (Fsp3) is 0.444. The van der Waals surface area contributed by atoms with Crippen LogP contribution in [0.1, 0.15) is 25.7 Å². The Balaban J connectivity index is 1.52. The van der Waals surface area contributed by atoms with E-state index in [0.717, 1.165) is 18.5 Å². The van der Waals surface area contributed by atoms with Gasteiger partial charge in [-0.1, -0.05) is 35.8 Å². The molecule has 1 fully saturated rings. The number of halogens is 1. The molecule has 144 valence electrons. The van der Waals surface area contributed by atoms with E-state index >= 15 is 0 Å². The van der Waals surface area contributed by atoms with Crippen LogP contribution < -0.4 is 10.6 Å². The number of guanidine groups is 1. The van der Waals surface area contributed by atoms with Gasteiger partial charge in [-0.25, -0.2) is 0 Å². The van der Waals surface area contributed by atoms with Gasteiger partial charge in [0.15, 0.2) is 5.96 Å². The molecule has 1 aromatic carbocycles. The number of nitrogens with one attached hydrogen (secondary N) is 2. The lowest BCUT2D eigenvalue weighted by atomic mass is 10.2. The number of benzene rings is 1.